The zero-order chi connectivity index (χ0) is 20.5. The fourth-order valence-corrected chi connectivity index (χ4v) is 5.00. The first-order chi connectivity index (χ1) is 14.7. The lowest BCUT2D eigenvalue weighted by Gasteiger charge is -2.35. The molecule has 0 radical (unpaired) electrons. The molecule has 0 N–H and O–H groups in total. The lowest BCUT2D eigenvalue weighted by Crippen LogP contribution is -2.44. The van der Waals surface area contributed by atoms with Gasteiger partial charge in [0.15, 0.2) is 4.96 Å². The third-order valence-electron chi connectivity index (χ3n) is 5.69. The first kappa shape index (κ1) is 19.0. The summed E-state index contributed by atoms with van der Waals surface area (Å²) >= 11 is 1.44. The molecular weight excluding hydrogens is 401 g/mol. The molecule has 0 unspecified atom stereocenters. The number of imidazole rings is 1. The van der Waals surface area contributed by atoms with E-state index in [4.69, 9.17) is 0 Å². The number of fused-ring (bicyclic) bond motifs is 1. The maximum atomic E-state index is 13.6. The first-order valence-electron chi connectivity index (χ1n) is 10.2. The lowest BCUT2D eigenvalue weighted by molar-refractivity contribution is 0.0587. The lowest BCUT2D eigenvalue weighted by atomic mass is 9.99. The van der Waals surface area contributed by atoms with Crippen LogP contribution < -0.4 is 0 Å². The molecule has 0 bridgehead atoms. The van der Waals surface area contributed by atoms with Gasteiger partial charge in [-0.3, -0.25) is 13.9 Å². The highest BCUT2D eigenvalue weighted by molar-refractivity contribution is 7.15. The quantitative estimate of drug-likeness (QED) is 0.475. The van der Waals surface area contributed by atoms with Gasteiger partial charge in [-0.05, 0) is 43.9 Å². The van der Waals surface area contributed by atoms with Crippen molar-refractivity contribution in [1.29, 1.82) is 0 Å². The normalized spacial score (nSPS) is 17.0. The second-order valence-electron chi connectivity index (χ2n) is 7.62. The molecule has 30 heavy (non-hydrogen) atoms. The van der Waals surface area contributed by atoms with Gasteiger partial charge in [0.25, 0.3) is 5.91 Å². The van der Waals surface area contributed by atoms with E-state index in [2.05, 4.69) is 10.1 Å². The van der Waals surface area contributed by atoms with Gasteiger partial charge < -0.3 is 4.90 Å². The number of carbonyl (C=O) groups excluding carboxylic acids is 1. The summed E-state index contributed by atoms with van der Waals surface area (Å²) < 4.78 is 17.4. The minimum Gasteiger partial charge on any atom is -0.334 e. The van der Waals surface area contributed by atoms with Crippen molar-refractivity contribution in [2.75, 3.05) is 6.54 Å². The van der Waals surface area contributed by atoms with E-state index < -0.39 is 0 Å². The van der Waals surface area contributed by atoms with Gasteiger partial charge in [0.1, 0.15) is 11.5 Å². The number of hydrogen-bond donors (Lipinski definition) is 0. The predicted octanol–water partition coefficient (Wildman–Crippen LogP) is 4.48. The van der Waals surface area contributed by atoms with Crippen molar-refractivity contribution >= 4 is 22.2 Å². The zero-order valence-electron chi connectivity index (χ0n) is 16.4. The molecular formula is C22H22FN5OS. The summed E-state index contributed by atoms with van der Waals surface area (Å²) in [7, 11) is 0. The van der Waals surface area contributed by atoms with E-state index in [1.807, 2.05) is 43.9 Å². The number of aromatic nitrogens is 4. The van der Waals surface area contributed by atoms with Crippen molar-refractivity contribution in [2.24, 2.45) is 0 Å². The molecule has 3 aromatic heterocycles. The van der Waals surface area contributed by atoms with Crippen LogP contribution in [0.15, 0.2) is 54.3 Å². The van der Waals surface area contributed by atoms with Crippen LogP contribution in [0.25, 0.3) is 16.2 Å². The highest BCUT2D eigenvalue weighted by Crippen LogP contribution is 2.27. The molecule has 0 spiro atoms. The van der Waals surface area contributed by atoms with Crippen LogP contribution >= 0.6 is 11.3 Å². The molecule has 6 nitrogen and oxygen atoms in total. The number of rotatable bonds is 5. The Kier molecular flexibility index (Phi) is 5.08. The van der Waals surface area contributed by atoms with E-state index in [9.17, 15) is 9.18 Å². The molecule has 154 valence electrons. The van der Waals surface area contributed by atoms with Crippen LogP contribution in [0.5, 0.6) is 0 Å². The minimum absolute atomic E-state index is 0.0367. The molecule has 1 saturated heterocycles. The van der Waals surface area contributed by atoms with Crippen LogP contribution in [0.4, 0.5) is 4.39 Å². The Morgan fingerprint density at radius 3 is 3.03 bits per heavy atom. The maximum absolute atomic E-state index is 13.6. The Morgan fingerprint density at radius 1 is 1.27 bits per heavy atom. The summed E-state index contributed by atoms with van der Waals surface area (Å²) in [4.78, 5) is 20.8. The van der Waals surface area contributed by atoms with Crippen molar-refractivity contribution in [3.05, 3.63) is 65.8 Å². The number of aryl methyl sites for hydroxylation is 1. The van der Waals surface area contributed by atoms with Crippen LogP contribution in [-0.4, -0.2) is 42.6 Å². The zero-order valence-corrected chi connectivity index (χ0v) is 17.3. The van der Waals surface area contributed by atoms with E-state index in [0.29, 0.717) is 17.0 Å². The van der Waals surface area contributed by atoms with Gasteiger partial charge in [0.2, 0.25) is 0 Å². The fraction of sp³-hybridized carbons (Fsp3) is 0.318. The largest absolute Gasteiger partial charge is 0.334 e. The number of carbonyl (C=O) groups is 1. The van der Waals surface area contributed by atoms with E-state index in [1.165, 1.54) is 23.5 Å². The average Bonchev–Trinajstić information content (AvgIpc) is 3.49. The van der Waals surface area contributed by atoms with E-state index in [1.54, 1.807) is 12.3 Å². The Balaban J connectivity index is 1.40. The fourth-order valence-electron chi connectivity index (χ4n) is 4.15. The summed E-state index contributed by atoms with van der Waals surface area (Å²) in [6, 6.07) is 8.49. The van der Waals surface area contributed by atoms with E-state index in [0.717, 1.165) is 43.7 Å². The second kappa shape index (κ2) is 8.02. The van der Waals surface area contributed by atoms with Gasteiger partial charge in [-0.15, -0.1) is 11.3 Å². The number of benzene rings is 1. The Morgan fingerprint density at radius 2 is 2.20 bits per heavy atom. The second-order valence-corrected chi connectivity index (χ2v) is 8.45. The molecule has 0 aliphatic carbocycles. The third-order valence-corrected chi connectivity index (χ3v) is 6.53. The Bertz CT molecular complexity index is 1170. The smallest absolute Gasteiger partial charge is 0.271 e. The van der Waals surface area contributed by atoms with Crippen molar-refractivity contribution in [2.45, 2.75) is 38.3 Å². The number of likely N-dealkylation sites (tertiary alicyclic amines) is 1. The molecule has 1 atom stereocenters. The van der Waals surface area contributed by atoms with Crippen LogP contribution in [0.2, 0.25) is 0 Å². The molecule has 8 heteroatoms. The third kappa shape index (κ3) is 3.63. The van der Waals surface area contributed by atoms with Crippen LogP contribution in [0, 0.1) is 5.82 Å². The molecule has 4 heterocycles. The summed E-state index contributed by atoms with van der Waals surface area (Å²) in [6.45, 7) is 1.57. The molecule has 5 rings (SSSR count). The van der Waals surface area contributed by atoms with Gasteiger partial charge >= 0.3 is 0 Å². The molecule has 0 saturated carbocycles. The molecule has 1 aliphatic rings. The highest BCUT2D eigenvalue weighted by atomic mass is 32.1. The summed E-state index contributed by atoms with van der Waals surface area (Å²) in [5, 5.41) is 6.15. The van der Waals surface area contributed by atoms with E-state index >= 15 is 0 Å². The highest BCUT2D eigenvalue weighted by Gasteiger charge is 2.29. The van der Waals surface area contributed by atoms with Crippen molar-refractivity contribution in [1.82, 2.24) is 24.1 Å². The number of hydrogen-bond acceptors (Lipinski definition) is 4. The summed E-state index contributed by atoms with van der Waals surface area (Å²) in [5.41, 5.74) is 2.00. The monoisotopic (exact) mass is 423 g/mol. The average molecular weight is 424 g/mol. The van der Waals surface area contributed by atoms with Crippen molar-refractivity contribution in [3.63, 3.8) is 0 Å². The van der Waals surface area contributed by atoms with Crippen molar-refractivity contribution in [3.8, 4) is 11.3 Å². The van der Waals surface area contributed by atoms with Crippen LogP contribution in [0.1, 0.15) is 36.2 Å². The number of thiazole rings is 1. The van der Waals surface area contributed by atoms with Crippen molar-refractivity contribution < 1.29 is 9.18 Å². The number of piperidine rings is 1. The molecule has 1 aromatic carbocycles. The predicted molar refractivity (Wildman–Crippen MR) is 114 cm³/mol. The molecule has 4 aromatic rings. The van der Waals surface area contributed by atoms with Gasteiger partial charge in [-0.25, -0.2) is 9.37 Å². The van der Waals surface area contributed by atoms with Gasteiger partial charge in [-0.2, -0.15) is 5.10 Å². The maximum Gasteiger partial charge on any atom is 0.271 e. The standard InChI is InChI=1S/C22H22FN5OS/c23-17-6-3-5-16(13-17)19-14-28-20(15-30-22(28)25-19)21(29)27-11-2-1-7-18(27)8-12-26-10-4-9-24-26/h3-6,9-10,13-15,18H,1-2,7-8,11-12H2/t18-/m1/s1. The Labute approximate surface area is 177 Å². The summed E-state index contributed by atoms with van der Waals surface area (Å²) in [6.07, 6.45) is 9.63. The SMILES string of the molecule is O=C(c1csc2nc(-c3cccc(F)c3)cn12)N1CCCC[C@@H]1CCn1cccn1. The first-order valence-corrected chi connectivity index (χ1v) is 11.1. The number of halogens is 1. The molecule has 1 aliphatic heterocycles. The molecule has 1 fully saturated rings. The Hall–Kier alpha value is -3.00. The van der Waals surface area contributed by atoms with E-state index in [-0.39, 0.29) is 17.8 Å². The minimum atomic E-state index is -0.298. The number of amides is 1. The topological polar surface area (TPSA) is 55.4 Å². The molecule has 1 amide bonds. The van der Waals surface area contributed by atoms with Gasteiger partial charge in [0.05, 0.1) is 5.69 Å². The van der Waals surface area contributed by atoms with Crippen LogP contribution in [-0.2, 0) is 6.54 Å². The van der Waals surface area contributed by atoms with Gasteiger partial charge in [0, 0.05) is 48.7 Å². The summed E-state index contributed by atoms with van der Waals surface area (Å²) in [5.74, 6) is -0.261. The van der Waals surface area contributed by atoms with Crippen LogP contribution in [0.3, 0.4) is 0 Å². The van der Waals surface area contributed by atoms with Gasteiger partial charge in [-0.1, -0.05) is 12.1 Å². The number of nitrogens with zero attached hydrogens (tertiary/aromatic N) is 5.